The second-order valence-electron chi connectivity index (χ2n) is 4.05. The van der Waals surface area contributed by atoms with E-state index < -0.39 is 24.0 Å². The van der Waals surface area contributed by atoms with Crippen molar-refractivity contribution in [3.8, 4) is 0 Å². The van der Waals surface area contributed by atoms with Gasteiger partial charge in [0.15, 0.2) is 0 Å². The first-order chi connectivity index (χ1) is 6.78. The number of hydrogen-bond donors (Lipinski definition) is 3. The molecule has 2 unspecified atom stereocenters. The van der Waals surface area contributed by atoms with Gasteiger partial charge in [0.2, 0.25) is 0 Å². The lowest BCUT2D eigenvalue weighted by molar-refractivity contribution is -0.182. The predicted octanol–water partition coefficient (Wildman–Crippen LogP) is 0.608. The third-order valence-corrected chi connectivity index (χ3v) is 2.54. The maximum absolute atomic E-state index is 11.0. The summed E-state index contributed by atoms with van der Waals surface area (Å²) in [4.78, 5) is 12.3. The van der Waals surface area contributed by atoms with E-state index in [0.717, 1.165) is 0 Å². The van der Waals surface area contributed by atoms with Crippen molar-refractivity contribution < 1.29 is 20.1 Å². The standard InChI is InChI=1S/C10H21NO4/c1-5-7(12)11(8(13)6-2)10(3,4)9(14)15/h7-8,12-13H,5-6H2,1-4H3,(H,14,15). The van der Waals surface area contributed by atoms with Gasteiger partial charge in [-0.05, 0) is 26.7 Å². The third kappa shape index (κ3) is 3.15. The van der Waals surface area contributed by atoms with E-state index in [-0.39, 0.29) is 0 Å². The van der Waals surface area contributed by atoms with Gasteiger partial charge in [-0.25, -0.2) is 4.90 Å². The first-order valence-corrected chi connectivity index (χ1v) is 5.16. The van der Waals surface area contributed by atoms with Gasteiger partial charge >= 0.3 is 5.97 Å². The Labute approximate surface area is 90.3 Å². The number of carbonyl (C=O) groups is 1. The number of aliphatic hydroxyl groups excluding tert-OH is 2. The van der Waals surface area contributed by atoms with Crippen LogP contribution >= 0.6 is 0 Å². The molecule has 0 aromatic carbocycles. The summed E-state index contributed by atoms with van der Waals surface area (Å²) < 4.78 is 0. The SMILES string of the molecule is CCC(O)N(C(O)CC)C(C)(C)C(=O)O. The van der Waals surface area contributed by atoms with Crippen molar-refractivity contribution in [2.75, 3.05) is 0 Å². The quantitative estimate of drug-likeness (QED) is 0.570. The zero-order valence-corrected chi connectivity index (χ0v) is 9.77. The van der Waals surface area contributed by atoms with Crippen molar-refractivity contribution in [1.82, 2.24) is 4.90 Å². The molecule has 0 amide bonds. The molecule has 0 spiro atoms. The highest BCUT2D eigenvalue weighted by Crippen LogP contribution is 2.22. The molecule has 0 aliphatic rings. The van der Waals surface area contributed by atoms with E-state index in [4.69, 9.17) is 5.11 Å². The zero-order chi connectivity index (χ0) is 12.2. The molecule has 0 fully saturated rings. The normalized spacial score (nSPS) is 16.5. The largest absolute Gasteiger partial charge is 0.480 e. The minimum absolute atomic E-state index is 0.369. The van der Waals surface area contributed by atoms with Crippen LogP contribution in [0.4, 0.5) is 0 Å². The zero-order valence-electron chi connectivity index (χ0n) is 9.77. The van der Waals surface area contributed by atoms with Gasteiger partial charge in [0.05, 0.1) is 0 Å². The Kier molecular flexibility index (Phi) is 5.20. The number of carboxylic acid groups (broad SMARTS) is 1. The molecule has 0 aromatic heterocycles. The molecule has 15 heavy (non-hydrogen) atoms. The van der Waals surface area contributed by atoms with Crippen LogP contribution in [0.15, 0.2) is 0 Å². The number of aliphatic hydroxyl groups is 2. The molecule has 5 heteroatoms. The average Bonchev–Trinajstić information content (AvgIpc) is 2.16. The molecular formula is C10H21NO4. The molecule has 0 aliphatic heterocycles. The number of rotatable bonds is 6. The lowest BCUT2D eigenvalue weighted by Crippen LogP contribution is -2.58. The molecule has 0 aromatic rings. The molecule has 0 radical (unpaired) electrons. The second kappa shape index (κ2) is 5.44. The van der Waals surface area contributed by atoms with Gasteiger partial charge in [-0.15, -0.1) is 0 Å². The Morgan fingerprint density at radius 3 is 1.73 bits per heavy atom. The highest BCUT2D eigenvalue weighted by atomic mass is 16.4. The maximum Gasteiger partial charge on any atom is 0.323 e. The molecule has 5 nitrogen and oxygen atoms in total. The average molecular weight is 219 g/mol. The van der Waals surface area contributed by atoms with Crippen molar-refractivity contribution in [1.29, 1.82) is 0 Å². The van der Waals surface area contributed by atoms with Crippen molar-refractivity contribution in [2.24, 2.45) is 0 Å². The van der Waals surface area contributed by atoms with Crippen LogP contribution < -0.4 is 0 Å². The molecule has 0 aliphatic carbocycles. The summed E-state index contributed by atoms with van der Waals surface area (Å²) in [7, 11) is 0. The fourth-order valence-corrected chi connectivity index (χ4v) is 1.45. The lowest BCUT2D eigenvalue weighted by Gasteiger charge is -2.41. The van der Waals surface area contributed by atoms with Crippen LogP contribution in [0.1, 0.15) is 40.5 Å². The number of carboxylic acids is 1. The van der Waals surface area contributed by atoms with Gasteiger partial charge in [-0.2, -0.15) is 0 Å². The van der Waals surface area contributed by atoms with E-state index in [9.17, 15) is 15.0 Å². The topological polar surface area (TPSA) is 81.0 Å². The molecular weight excluding hydrogens is 198 g/mol. The summed E-state index contributed by atoms with van der Waals surface area (Å²) >= 11 is 0. The number of aliphatic carboxylic acids is 1. The van der Waals surface area contributed by atoms with Crippen LogP contribution in [0.25, 0.3) is 0 Å². The van der Waals surface area contributed by atoms with Crippen molar-refractivity contribution >= 4 is 5.97 Å². The first-order valence-electron chi connectivity index (χ1n) is 5.16. The van der Waals surface area contributed by atoms with E-state index in [1.54, 1.807) is 13.8 Å². The summed E-state index contributed by atoms with van der Waals surface area (Å²) in [6.45, 7) is 6.40. The highest BCUT2D eigenvalue weighted by molar-refractivity contribution is 5.77. The molecule has 0 saturated carbocycles. The van der Waals surface area contributed by atoms with Crippen LogP contribution in [0, 0.1) is 0 Å². The Morgan fingerprint density at radius 1 is 1.20 bits per heavy atom. The van der Waals surface area contributed by atoms with Crippen LogP contribution in [-0.4, -0.2) is 44.2 Å². The lowest BCUT2D eigenvalue weighted by atomic mass is 10.0. The molecule has 0 bridgehead atoms. The van der Waals surface area contributed by atoms with E-state index in [1.807, 2.05) is 0 Å². The molecule has 2 atom stereocenters. The van der Waals surface area contributed by atoms with Gasteiger partial charge in [0.1, 0.15) is 18.0 Å². The fraction of sp³-hybridized carbons (Fsp3) is 0.900. The number of nitrogens with zero attached hydrogens (tertiary/aromatic N) is 1. The summed E-state index contributed by atoms with van der Waals surface area (Å²) in [5.74, 6) is -1.07. The van der Waals surface area contributed by atoms with E-state index in [0.29, 0.717) is 12.8 Å². The monoisotopic (exact) mass is 219 g/mol. The summed E-state index contributed by atoms with van der Waals surface area (Å²) in [6, 6.07) is 0. The van der Waals surface area contributed by atoms with Crippen molar-refractivity contribution in [3.63, 3.8) is 0 Å². The molecule has 90 valence electrons. The Hall–Kier alpha value is -0.650. The molecule has 0 heterocycles. The highest BCUT2D eigenvalue weighted by Gasteiger charge is 2.41. The van der Waals surface area contributed by atoms with E-state index in [1.165, 1.54) is 18.7 Å². The Bertz CT molecular complexity index is 207. The van der Waals surface area contributed by atoms with Gasteiger partial charge in [0.25, 0.3) is 0 Å². The van der Waals surface area contributed by atoms with Crippen LogP contribution in [-0.2, 0) is 4.79 Å². The molecule has 0 rings (SSSR count). The van der Waals surface area contributed by atoms with Crippen LogP contribution in [0.5, 0.6) is 0 Å². The summed E-state index contributed by atoms with van der Waals surface area (Å²) in [6.07, 6.45) is -1.17. The first kappa shape index (κ1) is 14.3. The van der Waals surface area contributed by atoms with Crippen LogP contribution in [0.2, 0.25) is 0 Å². The minimum atomic E-state index is -1.29. The minimum Gasteiger partial charge on any atom is -0.480 e. The fourth-order valence-electron chi connectivity index (χ4n) is 1.45. The second-order valence-corrected chi connectivity index (χ2v) is 4.05. The maximum atomic E-state index is 11.0. The van der Waals surface area contributed by atoms with E-state index >= 15 is 0 Å². The Balaban J connectivity index is 5.01. The van der Waals surface area contributed by atoms with Gasteiger partial charge in [-0.1, -0.05) is 13.8 Å². The summed E-state index contributed by atoms with van der Waals surface area (Å²) in [5.41, 5.74) is -1.29. The van der Waals surface area contributed by atoms with E-state index in [2.05, 4.69) is 0 Å². The smallest absolute Gasteiger partial charge is 0.323 e. The van der Waals surface area contributed by atoms with Crippen LogP contribution in [0.3, 0.4) is 0 Å². The molecule has 0 saturated heterocycles. The van der Waals surface area contributed by atoms with Gasteiger partial charge in [-0.3, -0.25) is 4.79 Å². The molecule has 3 N–H and O–H groups in total. The van der Waals surface area contributed by atoms with Crippen molar-refractivity contribution in [2.45, 2.75) is 58.5 Å². The van der Waals surface area contributed by atoms with Gasteiger partial charge < -0.3 is 15.3 Å². The van der Waals surface area contributed by atoms with Gasteiger partial charge in [0, 0.05) is 0 Å². The predicted molar refractivity (Wildman–Crippen MR) is 56.1 cm³/mol. The van der Waals surface area contributed by atoms with Crippen molar-refractivity contribution in [3.05, 3.63) is 0 Å². The number of hydrogen-bond acceptors (Lipinski definition) is 4. The summed E-state index contributed by atoms with van der Waals surface area (Å²) in [5, 5.41) is 28.4. The Morgan fingerprint density at radius 2 is 1.53 bits per heavy atom. The third-order valence-electron chi connectivity index (χ3n) is 2.54.